The summed E-state index contributed by atoms with van der Waals surface area (Å²) in [7, 11) is 0. The molecule has 4 nitrogen and oxygen atoms in total. The second kappa shape index (κ2) is 7.35. The Bertz CT molecular complexity index is 776. The maximum absolute atomic E-state index is 13.6. The van der Waals surface area contributed by atoms with Crippen LogP contribution in [0.4, 0.5) is 13.2 Å². The number of nitrogens with one attached hydrogen (secondary N) is 1. The van der Waals surface area contributed by atoms with Gasteiger partial charge in [-0.3, -0.25) is 9.59 Å². The van der Waals surface area contributed by atoms with Crippen LogP contribution in [0.25, 0.3) is 0 Å². The van der Waals surface area contributed by atoms with Crippen molar-refractivity contribution >= 4 is 23.4 Å². The van der Waals surface area contributed by atoms with Crippen LogP contribution in [0.2, 0.25) is 5.02 Å². The van der Waals surface area contributed by atoms with Gasteiger partial charge in [0.15, 0.2) is 0 Å². The number of amides is 2. The summed E-state index contributed by atoms with van der Waals surface area (Å²) in [6, 6.07) is 6.02. The van der Waals surface area contributed by atoms with Crippen LogP contribution in [0.1, 0.15) is 15.9 Å². The Kier molecular flexibility index (Phi) is 5.46. The van der Waals surface area contributed by atoms with Crippen LogP contribution in [-0.2, 0) is 11.2 Å². The van der Waals surface area contributed by atoms with Gasteiger partial charge in [0.25, 0.3) is 5.91 Å². The number of primary amides is 1. The van der Waals surface area contributed by atoms with Gasteiger partial charge in [-0.2, -0.15) is 0 Å². The van der Waals surface area contributed by atoms with Gasteiger partial charge in [-0.1, -0.05) is 29.8 Å². The lowest BCUT2D eigenvalue weighted by atomic mass is 10.0. The molecule has 1 atom stereocenters. The van der Waals surface area contributed by atoms with E-state index in [0.29, 0.717) is 22.7 Å². The lowest BCUT2D eigenvalue weighted by Crippen LogP contribution is -2.46. The molecule has 0 aromatic heterocycles. The first kappa shape index (κ1) is 17.8. The van der Waals surface area contributed by atoms with E-state index in [0.717, 1.165) is 0 Å². The molecular formula is C16H12ClF3N2O2. The zero-order valence-electron chi connectivity index (χ0n) is 12.2. The smallest absolute Gasteiger partial charge is 0.257 e. The van der Waals surface area contributed by atoms with Crippen molar-refractivity contribution in [3.63, 3.8) is 0 Å². The van der Waals surface area contributed by atoms with E-state index in [2.05, 4.69) is 5.32 Å². The third-order valence-electron chi connectivity index (χ3n) is 3.26. The number of nitrogens with two attached hydrogens (primary N) is 1. The van der Waals surface area contributed by atoms with Gasteiger partial charge >= 0.3 is 0 Å². The quantitative estimate of drug-likeness (QED) is 0.864. The molecule has 8 heteroatoms. The predicted octanol–water partition coefficient (Wildman–Crippen LogP) is 2.58. The van der Waals surface area contributed by atoms with E-state index < -0.39 is 40.9 Å². The van der Waals surface area contributed by atoms with Crippen molar-refractivity contribution in [1.29, 1.82) is 0 Å². The monoisotopic (exact) mass is 356 g/mol. The summed E-state index contributed by atoms with van der Waals surface area (Å²) >= 11 is 5.97. The molecule has 0 saturated heterocycles. The van der Waals surface area contributed by atoms with Crippen molar-refractivity contribution in [2.75, 3.05) is 0 Å². The molecule has 0 fully saturated rings. The van der Waals surface area contributed by atoms with Gasteiger partial charge in [-0.05, 0) is 11.6 Å². The third-order valence-corrected chi connectivity index (χ3v) is 3.63. The Morgan fingerprint density at radius 1 is 1.12 bits per heavy atom. The highest BCUT2D eigenvalue weighted by atomic mass is 35.5. The summed E-state index contributed by atoms with van der Waals surface area (Å²) in [5, 5.41) is 2.48. The van der Waals surface area contributed by atoms with Crippen LogP contribution < -0.4 is 11.1 Å². The van der Waals surface area contributed by atoms with Crippen molar-refractivity contribution in [2.45, 2.75) is 12.5 Å². The Labute approximate surface area is 140 Å². The lowest BCUT2D eigenvalue weighted by molar-refractivity contribution is -0.119. The largest absolute Gasteiger partial charge is 0.368 e. The summed E-state index contributed by atoms with van der Waals surface area (Å²) in [5.74, 6) is -6.06. The van der Waals surface area contributed by atoms with Crippen LogP contribution in [0, 0.1) is 17.5 Å². The van der Waals surface area contributed by atoms with E-state index in [-0.39, 0.29) is 6.42 Å². The highest BCUT2D eigenvalue weighted by Crippen LogP contribution is 2.18. The fourth-order valence-corrected chi connectivity index (χ4v) is 2.31. The minimum Gasteiger partial charge on any atom is -0.368 e. The Morgan fingerprint density at radius 3 is 2.25 bits per heavy atom. The van der Waals surface area contributed by atoms with Crippen molar-refractivity contribution in [1.82, 2.24) is 5.32 Å². The van der Waals surface area contributed by atoms with Gasteiger partial charge in [0.1, 0.15) is 29.1 Å². The molecule has 2 aromatic carbocycles. The highest BCUT2D eigenvalue weighted by molar-refractivity contribution is 6.31. The van der Waals surface area contributed by atoms with Gasteiger partial charge in [0, 0.05) is 23.6 Å². The fraction of sp³-hybridized carbons (Fsp3) is 0.125. The van der Waals surface area contributed by atoms with Crippen LogP contribution >= 0.6 is 11.6 Å². The molecule has 2 aromatic rings. The molecule has 24 heavy (non-hydrogen) atoms. The summed E-state index contributed by atoms with van der Waals surface area (Å²) in [4.78, 5) is 23.6. The van der Waals surface area contributed by atoms with Crippen LogP contribution in [0.3, 0.4) is 0 Å². The van der Waals surface area contributed by atoms with Gasteiger partial charge in [-0.25, -0.2) is 13.2 Å². The predicted molar refractivity (Wildman–Crippen MR) is 81.9 cm³/mol. The number of benzene rings is 2. The molecule has 0 spiro atoms. The fourth-order valence-electron chi connectivity index (χ4n) is 2.10. The van der Waals surface area contributed by atoms with E-state index >= 15 is 0 Å². The normalized spacial score (nSPS) is 11.8. The van der Waals surface area contributed by atoms with E-state index in [1.807, 2.05) is 0 Å². The molecule has 0 aliphatic heterocycles. The van der Waals surface area contributed by atoms with Gasteiger partial charge in [-0.15, -0.1) is 0 Å². The topological polar surface area (TPSA) is 72.2 Å². The molecule has 0 aliphatic rings. The number of halogens is 4. The molecule has 0 saturated carbocycles. The summed E-state index contributed by atoms with van der Waals surface area (Å²) < 4.78 is 40.1. The zero-order valence-corrected chi connectivity index (χ0v) is 12.9. The molecule has 2 rings (SSSR count). The Morgan fingerprint density at radius 2 is 1.71 bits per heavy atom. The molecule has 2 amide bonds. The van der Waals surface area contributed by atoms with Gasteiger partial charge < -0.3 is 11.1 Å². The van der Waals surface area contributed by atoms with E-state index in [1.165, 1.54) is 0 Å². The third kappa shape index (κ3) is 4.05. The van der Waals surface area contributed by atoms with Crippen LogP contribution in [0.15, 0.2) is 36.4 Å². The van der Waals surface area contributed by atoms with Crippen LogP contribution in [0.5, 0.6) is 0 Å². The number of carbonyl (C=O) groups excluding carboxylic acids is 2. The average molecular weight is 357 g/mol. The zero-order chi connectivity index (χ0) is 17.9. The van der Waals surface area contributed by atoms with Crippen molar-refractivity contribution < 1.29 is 22.8 Å². The standard InChI is InChI=1S/C16H12ClF3N2O2/c17-10-4-2-1-3-8(10)5-13(15(21)23)22-16(24)14-11(19)6-9(18)7-12(14)20/h1-4,6-7,13H,5H2,(H2,21,23)(H,22,24)/t13-/m1/s1. The van der Waals surface area contributed by atoms with E-state index in [9.17, 15) is 22.8 Å². The first-order chi connectivity index (χ1) is 11.3. The van der Waals surface area contributed by atoms with E-state index in [4.69, 9.17) is 17.3 Å². The van der Waals surface area contributed by atoms with E-state index in [1.54, 1.807) is 24.3 Å². The highest BCUT2D eigenvalue weighted by Gasteiger charge is 2.25. The number of carbonyl (C=O) groups is 2. The minimum absolute atomic E-state index is 0.0643. The molecule has 0 aliphatic carbocycles. The molecule has 0 radical (unpaired) electrons. The molecule has 0 unspecified atom stereocenters. The number of hydrogen-bond donors (Lipinski definition) is 2. The Balaban J connectivity index is 2.24. The summed E-state index contributed by atoms with van der Waals surface area (Å²) in [6.45, 7) is 0. The van der Waals surface area contributed by atoms with Crippen molar-refractivity contribution in [3.8, 4) is 0 Å². The summed E-state index contributed by atoms with van der Waals surface area (Å²) in [6.07, 6.45) is -0.0643. The van der Waals surface area contributed by atoms with Crippen molar-refractivity contribution in [2.24, 2.45) is 5.73 Å². The average Bonchev–Trinajstić information content (AvgIpc) is 2.47. The molecular weight excluding hydrogens is 345 g/mol. The molecule has 3 N–H and O–H groups in total. The van der Waals surface area contributed by atoms with Gasteiger partial charge in [0.05, 0.1) is 0 Å². The maximum Gasteiger partial charge on any atom is 0.257 e. The Hall–Kier alpha value is -2.54. The van der Waals surface area contributed by atoms with Gasteiger partial charge in [0.2, 0.25) is 5.91 Å². The number of rotatable bonds is 5. The maximum atomic E-state index is 13.6. The first-order valence-electron chi connectivity index (χ1n) is 6.77. The minimum atomic E-state index is -1.38. The first-order valence-corrected chi connectivity index (χ1v) is 7.15. The van der Waals surface area contributed by atoms with Crippen molar-refractivity contribution in [3.05, 3.63) is 70.0 Å². The van der Waals surface area contributed by atoms with Crippen LogP contribution in [-0.4, -0.2) is 17.9 Å². The second-order valence-corrected chi connectivity index (χ2v) is 5.38. The molecule has 0 bridgehead atoms. The molecule has 126 valence electrons. The number of hydrogen-bond acceptors (Lipinski definition) is 2. The lowest BCUT2D eigenvalue weighted by Gasteiger charge is -2.17. The summed E-state index contributed by atoms with van der Waals surface area (Å²) in [5.41, 5.74) is 4.74. The molecule has 0 heterocycles. The SMILES string of the molecule is NC(=O)[C@@H](Cc1ccccc1Cl)NC(=O)c1c(F)cc(F)cc1F. The second-order valence-electron chi connectivity index (χ2n) is 4.97.